The molecule has 0 bridgehead atoms. The van der Waals surface area contributed by atoms with Crippen molar-refractivity contribution < 1.29 is 9.59 Å². The maximum Gasteiger partial charge on any atom is 0.251 e. The highest BCUT2D eigenvalue weighted by Gasteiger charge is 2.21. The van der Waals surface area contributed by atoms with Crippen LogP contribution in [0.15, 0.2) is 59.1 Å². The van der Waals surface area contributed by atoms with E-state index in [0.717, 1.165) is 23.1 Å². The molecule has 0 radical (unpaired) electrons. The van der Waals surface area contributed by atoms with Gasteiger partial charge in [0.1, 0.15) is 6.04 Å². The summed E-state index contributed by atoms with van der Waals surface area (Å²) in [4.78, 5) is 27.2. The second-order valence-corrected chi connectivity index (χ2v) is 7.51. The van der Waals surface area contributed by atoms with Crippen molar-refractivity contribution in [1.82, 2.24) is 15.5 Å². The number of halogens is 1. The number of amides is 2. The van der Waals surface area contributed by atoms with Gasteiger partial charge in [-0.1, -0.05) is 60.1 Å². The third kappa shape index (κ3) is 6.17. The highest BCUT2D eigenvalue weighted by molar-refractivity contribution is 9.10. The quantitative estimate of drug-likeness (QED) is 0.617. The molecule has 6 heteroatoms. The van der Waals surface area contributed by atoms with Crippen LogP contribution in [0.1, 0.15) is 42.7 Å². The molecule has 2 rings (SSSR count). The van der Waals surface area contributed by atoms with Crippen molar-refractivity contribution in [3.05, 3.63) is 70.2 Å². The fourth-order valence-electron chi connectivity index (χ4n) is 3.09. The lowest BCUT2D eigenvalue weighted by Crippen LogP contribution is -2.47. The zero-order valence-corrected chi connectivity index (χ0v) is 18.2. The standard InChI is InChI=1S/C22H28BrN3O2/c1-4-26(5-2)20(17-9-7-6-8-10-17)15-24-21(27)16(3)25-22(28)18-11-13-19(23)14-12-18/h6-14,16,20H,4-5,15H2,1-3H3,(H,24,27)(H,25,28)/t16-,20-/m1/s1. The van der Waals surface area contributed by atoms with Gasteiger partial charge in [0.05, 0.1) is 6.04 Å². The van der Waals surface area contributed by atoms with Gasteiger partial charge in [-0.05, 0) is 49.8 Å². The maximum absolute atomic E-state index is 12.5. The summed E-state index contributed by atoms with van der Waals surface area (Å²) < 4.78 is 0.901. The molecule has 0 aromatic heterocycles. The van der Waals surface area contributed by atoms with E-state index in [1.54, 1.807) is 31.2 Å². The number of carbonyl (C=O) groups is 2. The van der Waals surface area contributed by atoms with Crippen LogP contribution < -0.4 is 10.6 Å². The van der Waals surface area contributed by atoms with Gasteiger partial charge < -0.3 is 10.6 Å². The zero-order chi connectivity index (χ0) is 20.5. The molecule has 2 aromatic carbocycles. The smallest absolute Gasteiger partial charge is 0.251 e. The normalized spacial score (nSPS) is 13.0. The van der Waals surface area contributed by atoms with Crippen LogP contribution in [0.2, 0.25) is 0 Å². The Morgan fingerprint density at radius 2 is 1.61 bits per heavy atom. The molecule has 2 atom stereocenters. The number of benzene rings is 2. The number of rotatable bonds is 9. The second-order valence-electron chi connectivity index (χ2n) is 6.59. The molecular weight excluding hydrogens is 418 g/mol. The van der Waals surface area contributed by atoms with E-state index in [9.17, 15) is 9.59 Å². The number of carbonyl (C=O) groups excluding carboxylic acids is 2. The van der Waals surface area contributed by atoms with Gasteiger partial charge in [0.15, 0.2) is 0 Å². The number of likely N-dealkylation sites (N-methyl/N-ethyl adjacent to an activating group) is 1. The first-order valence-corrected chi connectivity index (χ1v) is 10.4. The summed E-state index contributed by atoms with van der Waals surface area (Å²) in [5, 5.41) is 5.75. The Hall–Kier alpha value is -2.18. The molecule has 0 aliphatic rings. The van der Waals surface area contributed by atoms with E-state index in [2.05, 4.69) is 57.4 Å². The van der Waals surface area contributed by atoms with Crippen molar-refractivity contribution in [2.75, 3.05) is 19.6 Å². The molecule has 0 unspecified atom stereocenters. The van der Waals surface area contributed by atoms with E-state index in [4.69, 9.17) is 0 Å². The number of hydrogen-bond donors (Lipinski definition) is 2. The molecule has 0 fully saturated rings. The average molecular weight is 446 g/mol. The Kier molecular flexibility index (Phi) is 8.67. The molecule has 5 nitrogen and oxygen atoms in total. The molecule has 0 heterocycles. The molecule has 0 aliphatic heterocycles. The minimum Gasteiger partial charge on any atom is -0.352 e. The van der Waals surface area contributed by atoms with E-state index in [1.165, 1.54) is 0 Å². The molecule has 150 valence electrons. The Labute approximate surface area is 175 Å². The summed E-state index contributed by atoms with van der Waals surface area (Å²) in [6.07, 6.45) is 0. The zero-order valence-electron chi connectivity index (χ0n) is 16.6. The lowest BCUT2D eigenvalue weighted by molar-refractivity contribution is -0.122. The summed E-state index contributed by atoms with van der Waals surface area (Å²) >= 11 is 3.35. The molecule has 0 saturated carbocycles. The van der Waals surface area contributed by atoms with Gasteiger partial charge in [-0.3, -0.25) is 14.5 Å². The lowest BCUT2D eigenvalue weighted by atomic mass is 10.0. The first-order valence-electron chi connectivity index (χ1n) is 9.59. The van der Waals surface area contributed by atoms with Crippen LogP contribution in [0.4, 0.5) is 0 Å². The van der Waals surface area contributed by atoms with Gasteiger partial charge in [0.2, 0.25) is 5.91 Å². The molecule has 0 spiro atoms. The molecule has 0 aliphatic carbocycles. The Morgan fingerprint density at radius 1 is 1.00 bits per heavy atom. The van der Waals surface area contributed by atoms with Crippen molar-refractivity contribution in [2.24, 2.45) is 0 Å². The van der Waals surface area contributed by atoms with Gasteiger partial charge in [0, 0.05) is 16.6 Å². The number of nitrogens with one attached hydrogen (secondary N) is 2. The van der Waals surface area contributed by atoms with Gasteiger partial charge >= 0.3 is 0 Å². The van der Waals surface area contributed by atoms with Gasteiger partial charge in [-0.15, -0.1) is 0 Å². The SMILES string of the molecule is CCN(CC)[C@H](CNC(=O)[C@@H](C)NC(=O)c1ccc(Br)cc1)c1ccccc1. The predicted octanol–water partition coefficient (Wildman–Crippen LogP) is 3.77. The molecule has 2 aromatic rings. The van der Waals surface area contributed by atoms with Crippen LogP contribution in [0.5, 0.6) is 0 Å². The minimum atomic E-state index is -0.621. The van der Waals surface area contributed by atoms with Gasteiger partial charge in [-0.2, -0.15) is 0 Å². The summed E-state index contributed by atoms with van der Waals surface area (Å²) in [6, 6.07) is 16.7. The van der Waals surface area contributed by atoms with Crippen LogP contribution in [-0.4, -0.2) is 42.4 Å². The van der Waals surface area contributed by atoms with Crippen LogP contribution >= 0.6 is 15.9 Å². The van der Waals surface area contributed by atoms with Crippen molar-refractivity contribution in [3.8, 4) is 0 Å². The number of hydrogen-bond acceptors (Lipinski definition) is 3. The first-order chi connectivity index (χ1) is 13.5. The van der Waals surface area contributed by atoms with Crippen LogP contribution in [0.25, 0.3) is 0 Å². The van der Waals surface area contributed by atoms with Gasteiger partial charge in [0.25, 0.3) is 5.91 Å². The topological polar surface area (TPSA) is 61.4 Å². The van der Waals surface area contributed by atoms with Crippen molar-refractivity contribution >= 4 is 27.7 Å². The molecule has 2 N–H and O–H groups in total. The van der Waals surface area contributed by atoms with Crippen LogP contribution in [0.3, 0.4) is 0 Å². The summed E-state index contributed by atoms with van der Waals surface area (Å²) in [5.74, 6) is -0.461. The molecule has 28 heavy (non-hydrogen) atoms. The third-order valence-electron chi connectivity index (χ3n) is 4.75. The van der Waals surface area contributed by atoms with E-state index in [-0.39, 0.29) is 17.9 Å². The van der Waals surface area contributed by atoms with Crippen LogP contribution in [-0.2, 0) is 4.79 Å². The second kappa shape index (κ2) is 11.0. The summed E-state index contributed by atoms with van der Waals surface area (Å²) in [6.45, 7) is 8.19. The highest BCUT2D eigenvalue weighted by atomic mass is 79.9. The van der Waals surface area contributed by atoms with Crippen molar-refractivity contribution in [3.63, 3.8) is 0 Å². The number of nitrogens with zero attached hydrogens (tertiary/aromatic N) is 1. The Morgan fingerprint density at radius 3 is 2.18 bits per heavy atom. The monoisotopic (exact) mass is 445 g/mol. The van der Waals surface area contributed by atoms with E-state index < -0.39 is 6.04 Å². The lowest BCUT2D eigenvalue weighted by Gasteiger charge is -2.30. The fourth-order valence-corrected chi connectivity index (χ4v) is 3.36. The summed E-state index contributed by atoms with van der Waals surface area (Å²) in [5.41, 5.74) is 1.69. The predicted molar refractivity (Wildman–Crippen MR) is 116 cm³/mol. The average Bonchev–Trinajstić information content (AvgIpc) is 2.71. The van der Waals surface area contributed by atoms with E-state index >= 15 is 0 Å². The van der Waals surface area contributed by atoms with E-state index in [1.807, 2.05) is 18.2 Å². The minimum absolute atomic E-state index is 0.0922. The largest absolute Gasteiger partial charge is 0.352 e. The molecule has 0 saturated heterocycles. The van der Waals surface area contributed by atoms with E-state index in [0.29, 0.717) is 12.1 Å². The Balaban J connectivity index is 1.97. The fraction of sp³-hybridized carbons (Fsp3) is 0.364. The third-order valence-corrected chi connectivity index (χ3v) is 5.28. The van der Waals surface area contributed by atoms with Crippen molar-refractivity contribution in [2.45, 2.75) is 32.9 Å². The van der Waals surface area contributed by atoms with Crippen molar-refractivity contribution in [1.29, 1.82) is 0 Å². The molecule has 2 amide bonds. The summed E-state index contributed by atoms with van der Waals surface area (Å²) in [7, 11) is 0. The highest BCUT2D eigenvalue weighted by Crippen LogP contribution is 2.19. The van der Waals surface area contributed by atoms with Crippen LogP contribution in [0, 0.1) is 0 Å². The Bertz CT molecular complexity index is 761. The maximum atomic E-state index is 12.5. The molecular formula is C22H28BrN3O2. The van der Waals surface area contributed by atoms with Gasteiger partial charge in [-0.25, -0.2) is 0 Å². The first kappa shape index (κ1) is 22.1.